The topological polar surface area (TPSA) is 70.1 Å². The Hall–Kier alpha value is -2.24. The molecule has 1 fully saturated rings. The molecule has 0 heterocycles. The van der Waals surface area contributed by atoms with Crippen LogP contribution in [0.1, 0.15) is 18.4 Å². The van der Waals surface area contributed by atoms with E-state index in [-0.39, 0.29) is 18.6 Å². The number of nitrogens with zero attached hydrogens (tertiary/aromatic N) is 2. The number of carbonyl (C=O) groups is 2. The highest BCUT2D eigenvalue weighted by Crippen LogP contribution is 2.27. The second-order valence-electron chi connectivity index (χ2n) is 5.24. The van der Waals surface area contributed by atoms with Gasteiger partial charge < -0.3 is 19.6 Å². The lowest BCUT2D eigenvalue weighted by Gasteiger charge is -2.27. The smallest absolute Gasteiger partial charge is 0.323 e. The van der Waals surface area contributed by atoms with Gasteiger partial charge in [0.1, 0.15) is 12.3 Å². The van der Waals surface area contributed by atoms with Crippen molar-refractivity contribution in [1.29, 1.82) is 0 Å². The zero-order valence-corrected chi connectivity index (χ0v) is 12.3. The van der Waals surface area contributed by atoms with Gasteiger partial charge in [-0.05, 0) is 30.5 Å². The molecule has 1 aromatic carbocycles. The number of aliphatic carboxylic acids is 1. The minimum Gasteiger partial charge on any atom is -0.497 e. The molecule has 6 nitrogen and oxygen atoms in total. The van der Waals surface area contributed by atoms with Crippen molar-refractivity contribution in [1.82, 2.24) is 9.80 Å². The molecule has 0 unspecified atom stereocenters. The summed E-state index contributed by atoms with van der Waals surface area (Å²) in [4.78, 5) is 26.2. The molecule has 0 atom stereocenters. The fourth-order valence-electron chi connectivity index (χ4n) is 2.22. The summed E-state index contributed by atoms with van der Waals surface area (Å²) in [6, 6.07) is 7.30. The van der Waals surface area contributed by atoms with Crippen LogP contribution in [-0.2, 0) is 11.3 Å². The Kier molecular flexibility index (Phi) is 4.67. The first-order valence-corrected chi connectivity index (χ1v) is 6.87. The maximum atomic E-state index is 12.4. The van der Waals surface area contributed by atoms with E-state index in [9.17, 15) is 9.59 Å². The standard InChI is InChI=1S/C15H20N2O4/c1-16(9-11-4-3-5-13(8-11)21-2)15(20)17(10-14(18)19)12-6-7-12/h3-5,8,12H,6-7,9-10H2,1-2H3,(H,18,19). The SMILES string of the molecule is COc1cccc(CN(C)C(=O)N(CC(=O)O)C2CC2)c1. The van der Waals surface area contributed by atoms with Crippen LogP contribution in [0.5, 0.6) is 5.75 Å². The molecule has 2 amide bonds. The number of carboxylic acids is 1. The van der Waals surface area contributed by atoms with Crippen LogP contribution in [-0.4, -0.2) is 53.7 Å². The van der Waals surface area contributed by atoms with Crippen molar-refractivity contribution < 1.29 is 19.4 Å². The third-order valence-electron chi connectivity index (χ3n) is 3.42. The Labute approximate surface area is 123 Å². The summed E-state index contributed by atoms with van der Waals surface area (Å²) in [6.07, 6.45) is 1.76. The van der Waals surface area contributed by atoms with Crippen LogP contribution in [0, 0.1) is 0 Å². The molecule has 21 heavy (non-hydrogen) atoms. The van der Waals surface area contributed by atoms with Gasteiger partial charge >= 0.3 is 12.0 Å². The van der Waals surface area contributed by atoms with Crippen LogP contribution in [0.3, 0.4) is 0 Å². The van der Waals surface area contributed by atoms with Crippen LogP contribution in [0.15, 0.2) is 24.3 Å². The molecule has 6 heteroatoms. The average Bonchev–Trinajstić information content (AvgIpc) is 3.28. The summed E-state index contributed by atoms with van der Waals surface area (Å²) in [5.74, 6) is -0.247. The molecule has 1 saturated carbocycles. The zero-order valence-electron chi connectivity index (χ0n) is 12.3. The first-order chi connectivity index (χ1) is 10.0. The van der Waals surface area contributed by atoms with E-state index >= 15 is 0 Å². The molecule has 0 aromatic heterocycles. The van der Waals surface area contributed by atoms with E-state index in [2.05, 4.69) is 0 Å². The van der Waals surface area contributed by atoms with Crippen LogP contribution in [0.2, 0.25) is 0 Å². The predicted octanol–water partition coefficient (Wildman–Crippen LogP) is 1.80. The average molecular weight is 292 g/mol. The van der Waals surface area contributed by atoms with Gasteiger partial charge in [0.2, 0.25) is 0 Å². The summed E-state index contributed by atoms with van der Waals surface area (Å²) in [6.45, 7) is 0.171. The van der Waals surface area contributed by atoms with Crippen LogP contribution in [0.25, 0.3) is 0 Å². The van der Waals surface area contributed by atoms with Gasteiger partial charge in [-0.2, -0.15) is 0 Å². The first-order valence-electron chi connectivity index (χ1n) is 6.87. The number of carbonyl (C=O) groups excluding carboxylic acids is 1. The van der Waals surface area contributed by atoms with E-state index in [1.165, 1.54) is 9.80 Å². The molecule has 1 aliphatic carbocycles. The Morgan fingerprint density at radius 3 is 2.67 bits per heavy atom. The third kappa shape index (κ3) is 4.11. The summed E-state index contributed by atoms with van der Waals surface area (Å²) < 4.78 is 5.15. The van der Waals surface area contributed by atoms with E-state index in [4.69, 9.17) is 9.84 Å². The lowest BCUT2D eigenvalue weighted by atomic mass is 10.2. The zero-order chi connectivity index (χ0) is 15.4. The molecule has 1 N–H and O–H groups in total. The Bertz CT molecular complexity index is 528. The van der Waals surface area contributed by atoms with Crippen molar-refractivity contribution in [3.8, 4) is 5.75 Å². The van der Waals surface area contributed by atoms with Gasteiger partial charge in [0.25, 0.3) is 0 Å². The van der Waals surface area contributed by atoms with Gasteiger partial charge in [-0.1, -0.05) is 12.1 Å². The molecule has 1 aliphatic rings. The van der Waals surface area contributed by atoms with E-state index in [0.29, 0.717) is 6.54 Å². The van der Waals surface area contributed by atoms with Gasteiger partial charge in [-0.15, -0.1) is 0 Å². The van der Waals surface area contributed by atoms with Crippen molar-refractivity contribution >= 4 is 12.0 Å². The monoisotopic (exact) mass is 292 g/mol. The number of benzene rings is 1. The molecular formula is C15H20N2O4. The Morgan fingerprint density at radius 1 is 1.38 bits per heavy atom. The molecular weight excluding hydrogens is 272 g/mol. The van der Waals surface area contributed by atoms with Crippen LogP contribution in [0.4, 0.5) is 4.79 Å². The van der Waals surface area contributed by atoms with E-state index in [0.717, 1.165) is 24.2 Å². The van der Waals surface area contributed by atoms with Gasteiger partial charge in [-0.25, -0.2) is 4.79 Å². The lowest BCUT2D eigenvalue weighted by molar-refractivity contribution is -0.137. The Morgan fingerprint density at radius 2 is 2.10 bits per heavy atom. The van der Waals surface area contributed by atoms with E-state index in [1.54, 1.807) is 14.2 Å². The fraction of sp³-hybridized carbons (Fsp3) is 0.467. The summed E-state index contributed by atoms with van der Waals surface area (Å²) in [7, 11) is 3.27. The highest BCUT2D eigenvalue weighted by Gasteiger charge is 2.35. The van der Waals surface area contributed by atoms with Crippen LogP contribution < -0.4 is 4.74 Å². The van der Waals surface area contributed by atoms with Crippen molar-refractivity contribution in [3.05, 3.63) is 29.8 Å². The van der Waals surface area contributed by atoms with E-state index < -0.39 is 5.97 Å². The maximum absolute atomic E-state index is 12.4. The Balaban J connectivity index is 2.01. The molecule has 0 bridgehead atoms. The van der Waals surface area contributed by atoms with Gasteiger partial charge in [0.15, 0.2) is 0 Å². The minimum absolute atomic E-state index is 0.0707. The van der Waals surface area contributed by atoms with Crippen molar-refractivity contribution in [3.63, 3.8) is 0 Å². The maximum Gasteiger partial charge on any atom is 0.323 e. The molecule has 1 aromatic rings. The summed E-state index contributed by atoms with van der Waals surface area (Å²) in [5, 5.41) is 8.92. The second-order valence-corrected chi connectivity index (χ2v) is 5.24. The first kappa shape index (κ1) is 15.2. The van der Waals surface area contributed by atoms with E-state index in [1.807, 2.05) is 24.3 Å². The number of methoxy groups -OCH3 is 1. The summed E-state index contributed by atoms with van der Waals surface area (Å²) >= 11 is 0. The fourth-order valence-corrected chi connectivity index (χ4v) is 2.22. The molecule has 0 spiro atoms. The summed E-state index contributed by atoms with van der Waals surface area (Å²) in [5.41, 5.74) is 0.941. The number of hydrogen-bond donors (Lipinski definition) is 1. The number of amides is 2. The van der Waals surface area contributed by atoms with Gasteiger partial charge in [0, 0.05) is 19.6 Å². The quantitative estimate of drug-likeness (QED) is 0.868. The third-order valence-corrected chi connectivity index (χ3v) is 3.42. The van der Waals surface area contributed by atoms with Crippen molar-refractivity contribution in [2.45, 2.75) is 25.4 Å². The number of hydrogen-bond acceptors (Lipinski definition) is 3. The van der Waals surface area contributed by atoms with Crippen LogP contribution >= 0.6 is 0 Å². The number of carboxylic acid groups (broad SMARTS) is 1. The largest absolute Gasteiger partial charge is 0.497 e. The van der Waals surface area contributed by atoms with Crippen molar-refractivity contribution in [2.24, 2.45) is 0 Å². The highest BCUT2D eigenvalue weighted by molar-refractivity contribution is 5.80. The normalized spacial score (nSPS) is 13.6. The van der Waals surface area contributed by atoms with Crippen molar-refractivity contribution in [2.75, 3.05) is 20.7 Å². The highest BCUT2D eigenvalue weighted by atomic mass is 16.5. The molecule has 0 saturated heterocycles. The molecule has 2 rings (SSSR count). The number of urea groups is 1. The predicted molar refractivity (Wildman–Crippen MR) is 77.2 cm³/mol. The molecule has 0 radical (unpaired) electrons. The van der Waals surface area contributed by atoms with Gasteiger partial charge in [-0.3, -0.25) is 4.79 Å². The number of ether oxygens (including phenoxy) is 1. The lowest BCUT2D eigenvalue weighted by Crippen LogP contribution is -2.44. The molecule has 0 aliphatic heterocycles. The second kappa shape index (κ2) is 6.47. The minimum atomic E-state index is -0.981. The van der Waals surface area contributed by atoms with Gasteiger partial charge in [0.05, 0.1) is 7.11 Å². The molecule has 114 valence electrons. The number of rotatable bonds is 6.